The van der Waals surface area contributed by atoms with Gasteiger partial charge in [0.25, 0.3) is 0 Å². The average molecular weight is 586 g/mol. The highest BCUT2D eigenvalue weighted by Crippen LogP contribution is 2.35. The Kier molecular flexibility index (Phi) is 6.14. The highest BCUT2D eigenvalue weighted by atomic mass is 15.0. The standard InChI is InChI=1S/C43H27N3/c1-2-11-30(12-3-1)41-44-42(36-20-17-28-9-4-5-13-31(28)27-36)46-43(45-41)40-16-8-14-34-25-32(22-24-39(34)40)33-21-23-38-35(26-33)19-18-29-10-6-7-15-37(29)38/h1-27H. The Morgan fingerprint density at radius 2 is 0.783 bits per heavy atom. The number of aromatic nitrogens is 3. The Bertz CT molecular complexity index is 2590. The van der Waals surface area contributed by atoms with Crippen molar-refractivity contribution >= 4 is 43.1 Å². The maximum absolute atomic E-state index is 5.07. The molecule has 9 rings (SSSR count). The van der Waals surface area contributed by atoms with Gasteiger partial charge in [-0.05, 0) is 72.4 Å². The number of fused-ring (bicyclic) bond motifs is 5. The molecule has 0 amide bonds. The predicted octanol–water partition coefficient (Wildman–Crippen LogP) is 11.2. The Morgan fingerprint density at radius 3 is 1.61 bits per heavy atom. The van der Waals surface area contributed by atoms with Gasteiger partial charge in [0.15, 0.2) is 17.5 Å². The molecule has 0 bridgehead atoms. The topological polar surface area (TPSA) is 38.7 Å². The first-order valence-electron chi connectivity index (χ1n) is 15.5. The van der Waals surface area contributed by atoms with Crippen LogP contribution in [0, 0.1) is 0 Å². The normalized spacial score (nSPS) is 11.5. The first-order chi connectivity index (χ1) is 22.8. The lowest BCUT2D eigenvalue weighted by Crippen LogP contribution is -2.00. The van der Waals surface area contributed by atoms with Crippen LogP contribution in [0.4, 0.5) is 0 Å². The van der Waals surface area contributed by atoms with E-state index in [0.29, 0.717) is 17.5 Å². The molecule has 3 heteroatoms. The van der Waals surface area contributed by atoms with Crippen LogP contribution in [0.3, 0.4) is 0 Å². The molecule has 0 saturated carbocycles. The third-order valence-electron chi connectivity index (χ3n) is 8.87. The van der Waals surface area contributed by atoms with Crippen LogP contribution in [-0.4, -0.2) is 15.0 Å². The van der Waals surface area contributed by atoms with Crippen LogP contribution < -0.4 is 0 Å². The fourth-order valence-corrected chi connectivity index (χ4v) is 6.52. The van der Waals surface area contributed by atoms with Gasteiger partial charge in [-0.3, -0.25) is 0 Å². The van der Waals surface area contributed by atoms with Gasteiger partial charge in [0.2, 0.25) is 0 Å². The van der Waals surface area contributed by atoms with Crippen molar-refractivity contribution in [2.75, 3.05) is 0 Å². The van der Waals surface area contributed by atoms with Crippen LogP contribution in [0.1, 0.15) is 0 Å². The molecule has 0 spiro atoms. The third-order valence-corrected chi connectivity index (χ3v) is 8.87. The van der Waals surface area contributed by atoms with Crippen LogP contribution in [0.15, 0.2) is 164 Å². The van der Waals surface area contributed by atoms with E-state index in [1.165, 1.54) is 38.1 Å². The number of benzene rings is 8. The quantitative estimate of drug-likeness (QED) is 0.193. The summed E-state index contributed by atoms with van der Waals surface area (Å²) in [4.78, 5) is 15.1. The van der Waals surface area contributed by atoms with E-state index in [1.54, 1.807) is 0 Å². The minimum Gasteiger partial charge on any atom is -0.208 e. The second-order valence-electron chi connectivity index (χ2n) is 11.7. The molecule has 3 nitrogen and oxygen atoms in total. The molecule has 9 aromatic rings. The molecule has 0 aliphatic heterocycles. The molecule has 0 fully saturated rings. The lowest BCUT2D eigenvalue weighted by molar-refractivity contribution is 1.08. The first kappa shape index (κ1) is 26.2. The molecule has 0 radical (unpaired) electrons. The van der Waals surface area contributed by atoms with Crippen LogP contribution in [0.25, 0.3) is 88.4 Å². The highest BCUT2D eigenvalue weighted by Gasteiger charge is 2.15. The maximum atomic E-state index is 5.07. The predicted molar refractivity (Wildman–Crippen MR) is 192 cm³/mol. The van der Waals surface area contributed by atoms with Gasteiger partial charge in [-0.2, -0.15) is 0 Å². The summed E-state index contributed by atoms with van der Waals surface area (Å²) in [6.07, 6.45) is 0. The van der Waals surface area contributed by atoms with Crippen molar-refractivity contribution in [2.45, 2.75) is 0 Å². The fraction of sp³-hybridized carbons (Fsp3) is 0. The van der Waals surface area contributed by atoms with Crippen molar-refractivity contribution in [1.82, 2.24) is 15.0 Å². The number of rotatable bonds is 4. The molecule has 0 saturated heterocycles. The van der Waals surface area contributed by atoms with Crippen LogP contribution in [0.2, 0.25) is 0 Å². The summed E-state index contributed by atoms with van der Waals surface area (Å²) in [5, 5.41) is 9.65. The molecule has 0 aliphatic carbocycles. The summed E-state index contributed by atoms with van der Waals surface area (Å²) < 4.78 is 0. The van der Waals surface area contributed by atoms with Gasteiger partial charge in [-0.15, -0.1) is 0 Å². The zero-order valence-corrected chi connectivity index (χ0v) is 24.9. The van der Waals surface area contributed by atoms with Crippen molar-refractivity contribution in [3.05, 3.63) is 164 Å². The molecule has 1 heterocycles. The van der Waals surface area contributed by atoms with Gasteiger partial charge in [0.05, 0.1) is 0 Å². The Hall–Kier alpha value is -6.19. The van der Waals surface area contributed by atoms with Crippen molar-refractivity contribution in [3.8, 4) is 45.3 Å². The average Bonchev–Trinajstić information content (AvgIpc) is 3.14. The van der Waals surface area contributed by atoms with E-state index in [0.717, 1.165) is 32.8 Å². The Morgan fingerprint density at radius 1 is 0.261 bits per heavy atom. The minimum absolute atomic E-state index is 0.658. The molecule has 0 unspecified atom stereocenters. The van der Waals surface area contributed by atoms with Crippen molar-refractivity contribution in [3.63, 3.8) is 0 Å². The van der Waals surface area contributed by atoms with E-state index in [-0.39, 0.29) is 0 Å². The summed E-state index contributed by atoms with van der Waals surface area (Å²) >= 11 is 0. The SMILES string of the molecule is c1ccc(-c2nc(-c3ccc4ccccc4c3)nc(-c3cccc4cc(-c5ccc6c(ccc7ccccc76)c5)ccc34)n2)cc1. The Balaban J connectivity index is 1.17. The van der Waals surface area contributed by atoms with Crippen LogP contribution in [0.5, 0.6) is 0 Å². The summed E-state index contributed by atoms with van der Waals surface area (Å²) in [6.45, 7) is 0. The maximum Gasteiger partial charge on any atom is 0.164 e. The second-order valence-corrected chi connectivity index (χ2v) is 11.7. The first-order valence-corrected chi connectivity index (χ1v) is 15.5. The van der Waals surface area contributed by atoms with E-state index in [4.69, 9.17) is 15.0 Å². The third kappa shape index (κ3) is 4.58. The lowest BCUT2D eigenvalue weighted by Gasteiger charge is -2.12. The lowest BCUT2D eigenvalue weighted by atomic mass is 9.95. The van der Waals surface area contributed by atoms with Crippen LogP contribution in [-0.2, 0) is 0 Å². The molecular weight excluding hydrogens is 558 g/mol. The van der Waals surface area contributed by atoms with Crippen molar-refractivity contribution in [1.29, 1.82) is 0 Å². The summed E-state index contributed by atoms with van der Waals surface area (Å²) in [5.41, 5.74) is 5.28. The van der Waals surface area contributed by atoms with Gasteiger partial charge in [0, 0.05) is 16.7 Å². The molecule has 0 atom stereocenters. The zero-order valence-electron chi connectivity index (χ0n) is 24.9. The van der Waals surface area contributed by atoms with Gasteiger partial charge >= 0.3 is 0 Å². The van der Waals surface area contributed by atoms with E-state index in [9.17, 15) is 0 Å². The summed E-state index contributed by atoms with van der Waals surface area (Å²) in [7, 11) is 0. The van der Waals surface area contributed by atoms with Gasteiger partial charge < -0.3 is 0 Å². The number of hydrogen-bond donors (Lipinski definition) is 0. The highest BCUT2D eigenvalue weighted by molar-refractivity contribution is 6.08. The van der Waals surface area contributed by atoms with E-state index >= 15 is 0 Å². The zero-order chi connectivity index (χ0) is 30.5. The van der Waals surface area contributed by atoms with Gasteiger partial charge in [-0.1, -0.05) is 146 Å². The summed E-state index contributed by atoms with van der Waals surface area (Å²) in [5.74, 6) is 1.98. The van der Waals surface area contributed by atoms with Gasteiger partial charge in [-0.25, -0.2) is 15.0 Å². The molecule has 0 N–H and O–H groups in total. The smallest absolute Gasteiger partial charge is 0.164 e. The van der Waals surface area contributed by atoms with Crippen molar-refractivity contribution in [2.24, 2.45) is 0 Å². The van der Waals surface area contributed by atoms with Gasteiger partial charge in [0.1, 0.15) is 0 Å². The van der Waals surface area contributed by atoms with Crippen LogP contribution >= 0.6 is 0 Å². The number of hydrogen-bond acceptors (Lipinski definition) is 3. The monoisotopic (exact) mass is 585 g/mol. The largest absolute Gasteiger partial charge is 0.208 e. The minimum atomic E-state index is 0.658. The molecule has 1 aromatic heterocycles. The summed E-state index contributed by atoms with van der Waals surface area (Å²) in [6, 6.07) is 57.7. The van der Waals surface area contributed by atoms with Crippen molar-refractivity contribution < 1.29 is 0 Å². The van der Waals surface area contributed by atoms with E-state index < -0.39 is 0 Å². The molecule has 46 heavy (non-hydrogen) atoms. The molecule has 214 valence electrons. The molecule has 0 aliphatic rings. The molecule has 8 aromatic carbocycles. The van der Waals surface area contributed by atoms with E-state index in [2.05, 4.69) is 133 Å². The fourth-order valence-electron chi connectivity index (χ4n) is 6.52. The number of nitrogens with zero attached hydrogens (tertiary/aromatic N) is 3. The second kappa shape index (κ2) is 10.8. The van der Waals surface area contributed by atoms with E-state index in [1.807, 2.05) is 30.3 Å². The Labute approximate surface area is 266 Å². The molecular formula is C43H27N3.